The van der Waals surface area contributed by atoms with E-state index in [0.717, 1.165) is 11.4 Å². The lowest BCUT2D eigenvalue weighted by atomic mass is 10.1. The van der Waals surface area contributed by atoms with Crippen LogP contribution in [0.25, 0.3) is 0 Å². The Hall–Kier alpha value is -2.13. The van der Waals surface area contributed by atoms with Gasteiger partial charge in [-0.05, 0) is 36.5 Å². The average Bonchev–Trinajstić information content (AvgIpc) is 3.29. The lowest BCUT2D eigenvalue weighted by molar-refractivity contribution is 0.118. The summed E-state index contributed by atoms with van der Waals surface area (Å²) in [5.74, 6) is 2.56. The molecule has 1 aliphatic rings. The molecule has 1 saturated carbocycles. The van der Waals surface area contributed by atoms with Gasteiger partial charge in [0.25, 0.3) is 0 Å². The monoisotopic (exact) mass is 407 g/mol. The molecule has 0 aromatic carbocycles. The fourth-order valence-corrected chi connectivity index (χ4v) is 4.55. The first-order valence-electron chi connectivity index (χ1n) is 9.50. The number of ether oxygens (including phenoxy) is 1. The third-order valence-corrected chi connectivity index (χ3v) is 7.01. The number of pyridine rings is 1. The van der Waals surface area contributed by atoms with Crippen LogP contribution in [0, 0.1) is 5.92 Å². The van der Waals surface area contributed by atoms with Crippen molar-refractivity contribution in [3.8, 4) is 0 Å². The maximum Gasteiger partial charge on any atom is 0.157 e. The number of hydrogen-bond donors (Lipinski definition) is 2. The number of anilines is 3. The highest BCUT2D eigenvalue weighted by Gasteiger charge is 2.53. The molecular formula is C19H29N5O3S. The normalized spacial score (nSPS) is 15.6. The molecule has 0 atom stereocenters. The number of nitrogens with one attached hydrogen (secondary N) is 2. The number of rotatable bonds is 10. The van der Waals surface area contributed by atoms with Crippen LogP contribution in [0.15, 0.2) is 24.4 Å². The van der Waals surface area contributed by atoms with Gasteiger partial charge < -0.3 is 15.0 Å². The quantitative estimate of drug-likeness (QED) is 0.584. The van der Waals surface area contributed by atoms with E-state index in [1.807, 2.05) is 30.1 Å². The number of H-pyrrole nitrogens is 1. The molecule has 9 heteroatoms. The average molecular weight is 408 g/mol. The largest absolute Gasteiger partial charge is 0.379 e. The maximum atomic E-state index is 12.4. The minimum atomic E-state index is -3.21. The Morgan fingerprint density at radius 3 is 2.68 bits per heavy atom. The molecule has 0 spiro atoms. The fourth-order valence-electron chi connectivity index (χ4n) is 3.16. The Bertz CT molecular complexity index is 892. The number of hydrogen-bond acceptors (Lipinski definition) is 7. The Labute approximate surface area is 166 Å². The standard InChI is InChI=1S/C19H29N5O3S/c1-14(2)13-27-10-9-20-16-11-15(19(6-7-19)28(4,25)26)12-18(22-16)24(3)17-5-8-21-23-17/h5,8,11-12,14H,6-7,9-10,13H2,1-4H3,(H,20,22)(H,21,23). The topological polar surface area (TPSA) is 100 Å². The summed E-state index contributed by atoms with van der Waals surface area (Å²) in [6.07, 6.45) is 4.26. The summed E-state index contributed by atoms with van der Waals surface area (Å²) < 4.78 is 29.6. The highest BCUT2D eigenvalue weighted by molar-refractivity contribution is 7.92. The van der Waals surface area contributed by atoms with Gasteiger partial charge in [-0.25, -0.2) is 13.4 Å². The van der Waals surface area contributed by atoms with E-state index in [1.165, 1.54) is 6.26 Å². The van der Waals surface area contributed by atoms with Crippen LogP contribution in [0.5, 0.6) is 0 Å². The molecule has 154 valence electrons. The van der Waals surface area contributed by atoms with Gasteiger partial charge in [0.1, 0.15) is 17.5 Å². The molecule has 3 rings (SSSR count). The van der Waals surface area contributed by atoms with E-state index in [9.17, 15) is 8.42 Å². The predicted molar refractivity (Wildman–Crippen MR) is 111 cm³/mol. The second kappa shape index (κ2) is 8.08. The molecule has 2 N–H and O–H groups in total. The number of sulfone groups is 1. The lowest BCUT2D eigenvalue weighted by Crippen LogP contribution is -2.22. The van der Waals surface area contributed by atoms with Gasteiger partial charge in [0.2, 0.25) is 0 Å². The van der Waals surface area contributed by atoms with Gasteiger partial charge in [0.15, 0.2) is 9.84 Å². The molecule has 0 aliphatic heterocycles. The highest BCUT2D eigenvalue weighted by atomic mass is 32.2. The van der Waals surface area contributed by atoms with Crippen molar-refractivity contribution >= 4 is 27.3 Å². The van der Waals surface area contributed by atoms with Gasteiger partial charge in [-0.2, -0.15) is 5.10 Å². The number of aromatic amines is 1. The Morgan fingerprint density at radius 1 is 1.36 bits per heavy atom. The van der Waals surface area contributed by atoms with Crippen LogP contribution in [-0.2, 0) is 19.3 Å². The first-order chi connectivity index (χ1) is 13.2. The van der Waals surface area contributed by atoms with Crippen molar-refractivity contribution in [2.24, 2.45) is 5.92 Å². The summed E-state index contributed by atoms with van der Waals surface area (Å²) in [5, 5.41) is 10.1. The molecule has 1 fully saturated rings. The molecule has 0 saturated heterocycles. The maximum absolute atomic E-state index is 12.4. The summed E-state index contributed by atoms with van der Waals surface area (Å²) in [5.41, 5.74) is 0.775. The molecule has 0 unspecified atom stereocenters. The zero-order chi connectivity index (χ0) is 20.4. The molecule has 0 amide bonds. The van der Waals surface area contributed by atoms with Crippen LogP contribution in [-0.4, -0.2) is 56.7 Å². The first-order valence-corrected chi connectivity index (χ1v) is 11.4. The van der Waals surface area contributed by atoms with Gasteiger partial charge in [-0.3, -0.25) is 5.10 Å². The second-order valence-corrected chi connectivity index (χ2v) is 10.1. The number of nitrogens with zero attached hydrogens (tertiary/aromatic N) is 3. The van der Waals surface area contributed by atoms with Crippen molar-refractivity contribution in [1.82, 2.24) is 15.2 Å². The third kappa shape index (κ3) is 4.47. The lowest BCUT2D eigenvalue weighted by Gasteiger charge is -2.21. The van der Waals surface area contributed by atoms with Gasteiger partial charge in [-0.1, -0.05) is 13.8 Å². The molecule has 2 heterocycles. The second-order valence-electron chi connectivity index (χ2n) is 7.76. The smallest absolute Gasteiger partial charge is 0.157 e. The Balaban J connectivity index is 1.85. The van der Waals surface area contributed by atoms with Crippen molar-refractivity contribution in [3.05, 3.63) is 30.0 Å². The minimum absolute atomic E-state index is 0.487. The summed E-state index contributed by atoms with van der Waals surface area (Å²) in [4.78, 5) is 6.52. The molecule has 2 aromatic heterocycles. The summed E-state index contributed by atoms with van der Waals surface area (Å²) in [7, 11) is -1.34. The molecule has 28 heavy (non-hydrogen) atoms. The van der Waals surface area contributed by atoms with E-state index >= 15 is 0 Å². The van der Waals surface area contributed by atoms with Crippen LogP contribution in [0.3, 0.4) is 0 Å². The minimum Gasteiger partial charge on any atom is -0.379 e. The fraction of sp³-hybridized carbons (Fsp3) is 0.579. The van der Waals surface area contributed by atoms with Crippen LogP contribution < -0.4 is 10.2 Å². The van der Waals surface area contributed by atoms with E-state index in [4.69, 9.17) is 4.74 Å². The highest BCUT2D eigenvalue weighted by Crippen LogP contribution is 2.53. The van der Waals surface area contributed by atoms with Gasteiger partial charge >= 0.3 is 0 Å². The molecule has 8 nitrogen and oxygen atoms in total. The molecular weight excluding hydrogens is 378 g/mol. The third-order valence-electron chi connectivity index (χ3n) is 4.95. The van der Waals surface area contributed by atoms with E-state index in [0.29, 0.717) is 50.2 Å². The summed E-state index contributed by atoms with van der Waals surface area (Å²) in [6, 6.07) is 5.54. The Kier molecular flexibility index (Phi) is 5.95. The first kappa shape index (κ1) is 20.6. The van der Waals surface area contributed by atoms with Gasteiger partial charge in [0, 0.05) is 32.5 Å². The Morgan fingerprint density at radius 2 is 2.11 bits per heavy atom. The SMILES string of the molecule is CC(C)COCCNc1cc(C2(S(C)(=O)=O)CC2)cc(N(C)c2ccn[nH]2)n1. The van der Waals surface area contributed by atoms with Crippen molar-refractivity contribution < 1.29 is 13.2 Å². The van der Waals surface area contributed by atoms with Crippen molar-refractivity contribution in [2.45, 2.75) is 31.4 Å². The van der Waals surface area contributed by atoms with Crippen molar-refractivity contribution in [2.75, 3.05) is 43.3 Å². The zero-order valence-corrected chi connectivity index (χ0v) is 17.7. The molecule has 0 radical (unpaired) electrons. The van der Waals surface area contributed by atoms with E-state index in [-0.39, 0.29) is 0 Å². The summed E-state index contributed by atoms with van der Waals surface area (Å²) in [6.45, 7) is 6.09. The van der Waals surface area contributed by atoms with E-state index in [2.05, 4.69) is 34.3 Å². The zero-order valence-electron chi connectivity index (χ0n) is 16.9. The van der Waals surface area contributed by atoms with E-state index in [1.54, 1.807) is 6.20 Å². The van der Waals surface area contributed by atoms with Gasteiger partial charge in [-0.15, -0.1) is 0 Å². The van der Waals surface area contributed by atoms with Crippen LogP contribution in [0.4, 0.5) is 17.5 Å². The van der Waals surface area contributed by atoms with Crippen LogP contribution in [0.1, 0.15) is 32.3 Å². The molecule has 2 aromatic rings. The van der Waals surface area contributed by atoms with Gasteiger partial charge in [0.05, 0.1) is 17.6 Å². The number of aromatic nitrogens is 3. The molecule has 1 aliphatic carbocycles. The predicted octanol–water partition coefficient (Wildman–Crippen LogP) is 2.69. The van der Waals surface area contributed by atoms with Crippen molar-refractivity contribution in [3.63, 3.8) is 0 Å². The van der Waals surface area contributed by atoms with Crippen molar-refractivity contribution in [1.29, 1.82) is 0 Å². The van der Waals surface area contributed by atoms with Crippen LogP contribution in [0.2, 0.25) is 0 Å². The van der Waals surface area contributed by atoms with Crippen LogP contribution >= 0.6 is 0 Å². The summed E-state index contributed by atoms with van der Waals surface area (Å²) >= 11 is 0. The van der Waals surface area contributed by atoms with E-state index < -0.39 is 14.6 Å². The molecule has 0 bridgehead atoms.